The van der Waals surface area contributed by atoms with Crippen LogP contribution in [0.2, 0.25) is 0 Å². The first-order valence-electron chi connectivity index (χ1n) is 6.16. The number of benzene rings is 1. The predicted octanol–water partition coefficient (Wildman–Crippen LogP) is 0.390. The SMILES string of the molecule is O=C(O)[C@@H]1C[C@@H](O)CN1C(=O)COc1ccc(F)cc1F. The van der Waals surface area contributed by atoms with Crippen molar-refractivity contribution in [3.05, 3.63) is 29.8 Å². The van der Waals surface area contributed by atoms with E-state index in [2.05, 4.69) is 0 Å². The molecule has 6 nitrogen and oxygen atoms in total. The van der Waals surface area contributed by atoms with Crippen molar-refractivity contribution in [3.8, 4) is 5.75 Å². The Balaban J connectivity index is 1.99. The third-order valence-corrected chi connectivity index (χ3v) is 3.13. The van der Waals surface area contributed by atoms with Crippen molar-refractivity contribution in [2.24, 2.45) is 0 Å². The molecular formula is C13H13F2NO5. The fourth-order valence-electron chi connectivity index (χ4n) is 2.14. The number of hydrogen-bond donors (Lipinski definition) is 2. The molecule has 1 saturated heterocycles. The number of likely N-dealkylation sites (tertiary alicyclic amines) is 1. The van der Waals surface area contributed by atoms with E-state index in [4.69, 9.17) is 9.84 Å². The summed E-state index contributed by atoms with van der Waals surface area (Å²) in [6.07, 6.45) is -0.982. The summed E-state index contributed by atoms with van der Waals surface area (Å²) < 4.78 is 31.0. The van der Waals surface area contributed by atoms with Crippen LogP contribution in [0.5, 0.6) is 5.75 Å². The second kappa shape index (κ2) is 6.04. The van der Waals surface area contributed by atoms with Crippen LogP contribution in [0.4, 0.5) is 8.78 Å². The number of ether oxygens (including phenoxy) is 1. The molecule has 0 bridgehead atoms. The van der Waals surface area contributed by atoms with Gasteiger partial charge in [-0.25, -0.2) is 13.6 Å². The van der Waals surface area contributed by atoms with Gasteiger partial charge >= 0.3 is 5.97 Å². The Kier molecular flexibility index (Phi) is 4.37. The molecule has 1 amide bonds. The number of hydrogen-bond acceptors (Lipinski definition) is 4. The molecule has 8 heteroatoms. The first-order valence-corrected chi connectivity index (χ1v) is 6.16. The molecule has 2 atom stereocenters. The largest absolute Gasteiger partial charge is 0.481 e. The second-order valence-corrected chi connectivity index (χ2v) is 4.65. The maximum absolute atomic E-state index is 13.3. The summed E-state index contributed by atoms with van der Waals surface area (Å²) in [6, 6.07) is 1.49. The number of nitrogens with zero attached hydrogens (tertiary/aromatic N) is 1. The van der Waals surface area contributed by atoms with Crippen LogP contribution in [-0.2, 0) is 9.59 Å². The number of aliphatic carboxylic acids is 1. The average molecular weight is 301 g/mol. The Morgan fingerprint density at radius 1 is 1.38 bits per heavy atom. The molecule has 1 aliphatic heterocycles. The molecule has 1 aromatic carbocycles. The first-order chi connectivity index (χ1) is 9.88. The quantitative estimate of drug-likeness (QED) is 0.840. The maximum Gasteiger partial charge on any atom is 0.326 e. The van der Waals surface area contributed by atoms with E-state index >= 15 is 0 Å². The number of carboxylic acids is 1. The Hall–Kier alpha value is -2.22. The van der Waals surface area contributed by atoms with Gasteiger partial charge in [-0.2, -0.15) is 0 Å². The van der Waals surface area contributed by atoms with Crippen molar-refractivity contribution < 1.29 is 33.3 Å². The summed E-state index contributed by atoms with van der Waals surface area (Å²) in [5, 5.41) is 18.4. The fourth-order valence-corrected chi connectivity index (χ4v) is 2.14. The van der Waals surface area contributed by atoms with Gasteiger partial charge in [0.05, 0.1) is 6.10 Å². The van der Waals surface area contributed by atoms with Crippen LogP contribution in [0.1, 0.15) is 6.42 Å². The molecule has 0 saturated carbocycles. The normalized spacial score (nSPS) is 21.4. The van der Waals surface area contributed by atoms with Crippen molar-refractivity contribution in [3.63, 3.8) is 0 Å². The van der Waals surface area contributed by atoms with E-state index in [1.165, 1.54) is 0 Å². The van der Waals surface area contributed by atoms with E-state index < -0.39 is 42.3 Å². The van der Waals surface area contributed by atoms with E-state index in [1.807, 2.05) is 0 Å². The van der Waals surface area contributed by atoms with Crippen LogP contribution >= 0.6 is 0 Å². The molecule has 114 valence electrons. The number of carbonyl (C=O) groups is 2. The number of rotatable bonds is 4. The first kappa shape index (κ1) is 15.2. The van der Waals surface area contributed by atoms with Gasteiger partial charge in [0.15, 0.2) is 18.2 Å². The van der Waals surface area contributed by atoms with Gasteiger partial charge in [0.1, 0.15) is 11.9 Å². The van der Waals surface area contributed by atoms with Crippen molar-refractivity contribution in [2.75, 3.05) is 13.2 Å². The highest BCUT2D eigenvalue weighted by Gasteiger charge is 2.38. The standard InChI is InChI=1S/C13H13F2NO5/c14-7-1-2-11(9(15)3-7)21-6-12(18)16-5-8(17)4-10(16)13(19)20/h1-3,8,10,17H,4-6H2,(H,19,20)/t8-,10+/m1/s1. The van der Waals surface area contributed by atoms with Crippen LogP contribution in [0.3, 0.4) is 0 Å². The van der Waals surface area contributed by atoms with Gasteiger partial charge in [-0.3, -0.25) is 4.79 Å². The minimum absolute atomic E-state index is 0.0635. The Bertz CT molecular complexity index is 565. The van der Waals surface area contributed by atoms with Crippen LogP contribution in [-0.4, -0.2) is 52.3 Å². The zero-order valence-electron chi connectivity index (χ0n) is 10.8. The summed E-state index contributed by atoms with van der Waals surface area (Å²) in [5.41, 5.74) is 0. The zero-order valence-corrected chi connectivity index (χ0v) is 10.8. The molecule has 0 radical (unpaired) electrons. The van der Waals surface area contributed by atoms with E-state index in [9.17, 15) is 23.5 Å². The molecule has 2 rings (SSSR count). The number of carbonyl (C=O) groups excluding carboxylic acids is 1. The summed E-state index contributed by atoms with van der Waals surface area (Å²) >= 11 is 0. The molecule has 0 unspecified atom stereocenters. The molecule has 0 aromatic heterocycles. The minimum Gasteiger partial charge on any atom is -0.481 e. The van der Waals surface area contributed by atoms with Gasteiger partial charge in [0, 0.05) is 19.0 Å². The van der Waals surface area contributed by atoms with Gasteiger partial charge in [0.2, 0.25) is 0 Å². The third kappa shape index (κ3) is 3.46. The van der Waals surface area contributed by atoms with Gasteiger partial charge in [-0.05, 0) is 12.1 Å². The monoisotopic (exact) mass is 301 g/mol. The lowest BCUT2D eigenvalue weighted by atomic mass is 10.2. The smallest absolute Gasteiger partial charge is 0.326 e. The van der Waals surface area contributed by atoms with Crippen LogP contribution in [0.15, 0.2) is 18.2 Å². The van der Waals surface area contributed by atoms with Gasteiger partial charge in [-0.1, -0.05) is 0 Å². The van der Waals surface area contributed by atoms with Crippen molar-refractivity contribution in [1.29, 1.82) is 0 Å². The maximum atomic E-state index is 13.3. The van der Waals surface area contributed by atoms with Crippen molar-refractivity contribution >= 4 is 11.9 Å². The van der Waals surface area contributed by atoms with Crippen LogP contribution < -0.4 is 4.74 Å². The molecule has 0 aliphatic carbocycles. The van der Waals surface area contributed by atoms with E-state index in [1.54, 1.807) is 0 Å². The second-order valence-electron chi connectivity index (χ2n) is 4.65. The number of carboxylic acid groups (broad SMARTS) is 1. The summed E-state index contributed by atoms with van der Waals surface area (Å²) in [5.74, 6) is -3.97. The highest BCUT2D eigenvalue weighted by molar-refractivity contribution is 5.85. The van der Waals surface area contributed by atoms with E-state index in [0.717, 1.165) is 17.0 Å². The number of halogens is 2. The lowest BCUT2D eigenvalue weighted by Gasteiger charge is -2.21. The highest BCUT2D eigenvalue weighted by Crippen LogP contribution is 2.20. The number of amides is 1. The van der Waals surface area contributed by atoms with E-state index in [0.29, 0.717) is 6.07 Å². The number of aliphatic hydroxyl groups is 1. The van der Waals surface area contributed by atoms with Gasteiger partial charge in [0.25, 0.3) is 5.91 Å². The molecular weight excluding hydrogens is 288 g/mol. The Labute approximate surface area is 118 Å². The Morgan fingerprint density at radius 3 is 2.71 bits per heavy atom. The van der Waals surface area contributed by atoms with Gasteiger partial charge in [-0.15, -0.1) is 0 Å². The van der Waals surface area contributed by atoms with Crippen molar-refractivity contribution in [1.82, 2.24) is 4.90 Å². The summed E-state index contributed by atoms with van der Waals surface area (Å²) in [6.45, 7) is -0.718. The lowest BCUT2D eigenvalue weighted by Crippen LogP contribution is -2.43. The molecule has 1 aliphatic rings. The number of aliphatic hydroxyl groups excluding tert-OH is 1. The molecule has 2 N–H and O–H groups in total. The zero-order chi connectivity index (χ0) is 15.6. The van der Waals surface area contributed by atoms with Crippen LogP contribution in [0.25, 0.3) is 0 Å². The predicted molar refractivity (Wildman–Crippen MR) is 65.6 cm³/mol. The van der Waals surface area contributed by atoms with E-state index in [-0.39, 0.29) is 18.7 Å². The summed E-state index contributed by atoms with van der Waals surface area (Å²) in [7, 11) is 0. The molecule has 1 heterocycles. The van der Waals surface area contributed by atoms with Gasteiger partial charge < -0.3 is 19.8 Å². The van der Waals surface area contributed by atoms with Crippen molar-refractivity contribution in [2.45, 2.75) is 18.6 Å². The number of β-amino-alcohol motifs (C(OH)–C–C–N with tert-alkyl or cyclic N) is 1. The van der Waals surface area contributed by atoms with Crippen LogP contribution in [0, 0.1) is 11.6 Å². The minimum atomic E-state index is -1.23. The molecule has 0 spiro atoms. The Morgan fingerprint density at radius 2 is 2.10 bits per heavy atom. The fraction of sp³-hybridized carbons (Fsp3) is 0.385. The molecule has 21 heavy (non-hydrogen) atoms. The third-order valence-electron chi connectivity index (χ3n) is 3.13. The average Bonchev–Trinajstić information content (AvgIpc) is 2.80. The summed E-state index contributed by atoms with van der Waals surface area (Å²) in [4.78, 5) is 23.8. The highest BCUT2D eigenvalue weighted by atomic mass is 19.1. The molecule has 1 fully saturated rings. The lowest BCUT2D eigenvalue weighted by molar-refractivity contribution is -0.149. The molecule has 1 aromatic rings. The topological polar surface area (TPSA) is 87.1 Å².